The highest BCUT2D eigenvalue weighted by atomic mass is 32.1. The van der Waals surface area contributed by atoms with Crippen LogP contribution in [0.4, 0.5) is 5.69 Å². The number of ether oxygens (including phenoxy) is 1. The fourth-order valence-corrected chi connectivity index (χ4v) is 3.33. The van der Waals surface area contributed by atoms with E-state index in [4.69, 9.17) is 9.26 Å². The number of para-hydroxylation sites is 1. The van der Waals surface area contributed by atoms with Crippen molar-refractivity contribution in [2.75, 3.05) is 12.4 Å². The van der Waals surface area contributed by atoms with Gasteiger partial charge in [-0.25, -0.2) is 0 Å². The largest absolute Gasteiger partial charge is 0.497 e. The zero-order valence-corrected chi connectivity index (χ0v) is 16.3. The number of carbonyl (C=O) groups excluding carboxylic acids is 1. The fourth-order valence-electron chi connectivity index (χ4n) is 2.68. The molecule has 4 rings (SSSR count). The van der Waals surface area contributed by atoms with E-state index in [2.05, 4.69) is 15.5 Å². The Morgan fingerprint density at radius 3 is 2.69 bits per heavy atom. The van der Waals surface area contributed by atoms with E-state index in [0.717, 1.165) is 16.2 Å². The van der Waals surface area contributed by atoms with Gasteiger partial charge < -0.3 is 14.6 Å². The highest BCUT2D eigenvalue weighted by Crippen LogP contribution is 2.29. The number of hydrogen-bond donors (Lipinski definition) is 1. The van der Waals surface area contributed by atoms with Gasteiger partial charge in [-0.3, -0.25) is 4.79 Å². The lowest BCUT2D eigenvalue weighted by atomic mass is 10.1. The van der Waals surface area contributed by atoms with Crippen LogP contribution in [0, 0.1) is 0 Å². The lowest BCUT2D eigenvalue weighted by molar-refractivity contribution is -0.111. The van der Waals surface area contributed by atoms with Crippen molar-refractivity contribution in [2.24, 2.45) is 0 Å². The highest BCUT2D eigenvalue weighted by molar-refractivity contribution is 7.13. The molecule has 0 fully saturated rings. The number of amides is 1. The van der Waals surface area contributed by atoms with Crippen molar-refractivity contribution in [1.29, 1.82) is 0 Å². The molecule has 0 aliphatic carbocycles. The molecule has 6 nitrogen and oxygen atoms in total. The minimum absolute atomic E-state index is 0.258. The molecule has 0 radical (unpaired) electrons. The van der Waals surface area contributed by atoms with Gasteiger partial charge >= 0.3 is 0 Å². The first-order chi connectivity index (χ1) is 14.2. The minimum atomic E-state index is -0.258. The summed E-state index contributed by atoms with van der Waals surface area (Å²) < 4.78 is 10.5. The number of nitrogens with zero attached hydrogens (tertiary/aromatic N) is 2. The molecule has 2 aromatic carbocycles. The summed E-state index contributed by atoms with van der Waals surface area (Å²) in [5.41, 5.74) is 2.15. The van der Waals surface area contributed by atoms with E-state index in [-0.39, 0.29) is 5.91 Å². The average Bonchev–Trinajstić information content (AvgIpc) is 3.45. The van der Waals surface area contributed by atoms with E-state index in [1.807, 2.05) is 60.0 Å². The summed E-state index contributed by atoms with van der Waals surface area (Å²) in [7, 11) is 1.61. The smallest absolute Gasteiger partial charge is 0.260 e. The number of thiophene rings is 1. The molecule has 0 atom stereocenters. The van der Waals surface area contributed by atoms with Crippen molar-refractivity contribution >= 4 is 29.0 Å². The van der Waals surface area contributed by atoms with E-state index < -0.39 is 0 Å². The Morgan fingerprint density at radius 2 is 1.93 bits per heavy atom. The number of nitrogens with one attached hydrogen (secondary N) is 1. The lowest BCUT2D eigenvalue weighted by Gasteiger charge is -2.06. The summed E-state index contributed by atoms with van der Waals surface area (Å²) in [4.78, 5) is 17.8. The number of aromatic nitrogens is 2. The monoisotopic (exact) mass is 403 g/mol. The number of anilines is 1. The molecular weight excluding hydrogens is 386 g/mol. The van der Waals surface area contributed by atoms with Gasteiger partial charge in [-0.15, -0.1) is 11.3 Å². The van der Waals surface area contributed by atoms with Crippen molar-refractivity contribution < 1.29 is 14.1 Å². The van der Waals surface area contributed by atoms with Crippen molar-refractivity contribution in [1.82, 2.24) is 10.1 Å². The lowest BCUT2D eigenvalue weighted by Crippen LogP contribution is -2.08. The molecule has 0 unspecified atom stereocenters. The Kier molecular flexibility index (Phi) is 5.49. The van der Waals surface area contributed by atoms with Crippen molar-refractivity contribution in [3.63, 3.8) is 0 Å². The first-order valence-electron chi connectivity index (χ1n) is 8.83. The fraction of sp³-hybridized carbons (Fsp3) is 0.0455. The van der Waals surface area contributed by atoms with Gasteiger partial charge in [0.2, 0.25) is 11.7 Å². The molecule has 4 aromatic rings. The van der Waals surface area contributed by atoms with E-state index in [1.165, 1.54) is 17.4 Å². The standard InChI is InChI=1S/C22H17N3O3S/c1-27-16-11-8-15(9-12-16)10-13-20(26)23-18-6-3-2-5-17(18)22-24-21(25-28-22)19-7-4-14-29-19/h2-14H,1H3,(H,23,26)/b13-10+. The summed E-state index contributed by atoms with van der Waals surface area (Å²) in [5.74, 6) is 1.38. The summed E-state index contributed by atoms with van der Waals surface area (Å²) >= 11 is 1.53. The average molecular weight is 403 g/mol. The van der Waals surface area contributed by atoms with Gasteiger partial charge in [-0.2, -0.15) is 4.98 Å². The van der Waals surface area contributed by atoms with Crippen LogP contribution < -0.4 is 10.1 Å². The zero-order valence-electron chi connectivity index (χ0n) is 15.5. The van der Waals surface area contributed by atoms with Gasteiger partial charge in [0.1, 0.15) is 5.75 Å². The number of carbonyl (C=O) groups is 1. The predicted octanol–water partition coefficient (Wildman–Crippen LogP) is 5.13. The van der Waals surface area contributed by atoms with Crippen molar-refractivity contribution in [3.05, 3.63) is 77.7 Å². The first kappa shape index (κ1) is 18.6. The van der Waals surface area contributed by atoms with Crippen LogP contribution in [0.3, 0.4) is 0 Å². The van der Waals surface area contributed by atoms with Gasteiger partial charge in [-0.1, -0.05) is 35.5 Å². The van der Waals surface area contributed by atoms with Gasteiger partial charge in [-0.05, 0) is 47.4 Å². The first-order valence-corrected chi connectivity index (χ1v) is 9.71. The van der Waals surface area contributed by atoms with Crippen LogP contribution in [0.2, 0.25) is 0 Å². The molecule has 144 valence electrons. The Balaban J connectivity index is 1.51. The summed E-state index contributed by atoms with van der Waals surface area (Å²) in [6, 6.07) is 18.6. The predicted molar refractivity (Wildman–Crippen MR) is 114 cm³/mol. The quantitative estimate of drug-likeness (QED) is 0.452. The second-order valence-electron chi connectivity index (χ2n) is 6.04. The Hall–Kier alpha value is -3.71. The maximum Gasteiger partial charge on any atom is 0.260 e. The number of benzene rings is 2. The molecule has 0 saturated heterocycles. The van der Waals surface area contributed by atoms with Crippen LogP contribution >= 0.6 is 11.3 Å². The van der Waals surface area contributed by atoms with Gasteiger partial charge in [0.25, 0.3) is 5.89 Å². The SMILES string of the molecule is COc1ccc(/C=C/C(=O)Nc2ccccc2-c2nc(-c3cccs3)no2)cc1. The molecule has 7 heteroatoms. The molecule has 0 aliphatic heterocycles. The molecule has 1 N–H and O–H groups in total. The van der Waals surface area contributed by atoms with E-state index >= 15 is 0 Å². The molecule has 0 spiro atoms. The van der Waals surface area contributed by atoms with Gasteiger partial charge in [0.15, 0.2) is 0 Å². The topological polar surface area (TPSA) is 77.2 Å². The molecule has 0 aliphatic rings. The Labute approximate surface area is 171 Å². The number of methoxy groups -OCH3 is 1. The van der Waals surface area contributed by atoms with Gasteiger partial charge in [0, 0.05) is 6.08 Å². The van der Waals surface area contributed by atoms with Gasteiger partial charge in [0.05, 0.1) is 23.2 Å². The maximum atomic E-state index is 12.4. The molecule has 29 heavy (non-hydrogen) atoms. The maximum absolute atomic E-state index is 12.4. The van der Waals surface area contributed by atoms with Crippen molar-refractivity contribution in [3.8, 4) is 27.9 Å². The molecular formula is C22H17N3O3S. The Bertz CT molecular complexity index is 1130. The second-order valence-corrected chi connectivity index (χ2v) is 6.99. The molecule has 1 amide bonds. The third-order valence-electron chi connectivity index (χ3n) is 4.13. The number of hydrogen-bond acceptors (Lipinski definition) is 6. The van der Waals surface area contributed by atoms with Crippen molar-refractivity contribution in [2.45, 2.75) is 0 Å². The molecule has 0 bridgehead atoms. The zero-order chi connectivity index (χ0) is 20.1. The highest BCUT2D eigenvalue weighted by Gasteiger charge is 2.15. The number of rotatable bonds is 6. The van der Waals surface area contributed by atoms with Crippen LogP contribution in [0.15, 0.2) is 76.6 Å². The summed E-state index contributed by atoms with van der Waals surface area (Å²) in [6.07, 6.45) is 3.21. The van der Waals surface area contributed by atoms with Crippen LogP contribution in [0.1, 0.15) is 5.56 Å². The molecule has 2 heterocycles. The Morgan fingerprint density at radius 1 is 1.10 bits per heavy atom. The van der Waals surface area contributed by atoms with E-state index in [0.29, 0.717) is 23.0 Å². The third-order valence-corrected chi connectivity index (χ3v) is 4.99. The normalized spacial score (nSPS) is 10.9. The minimum Gasteiger partial charge on any atom is -0.497 e. The molecule has 2 aromatic heterocycles. The molecule has 0 saturated carbocycles. The van der Waals surface area contributed by atoms with Crippen LogP contribution in [-0.4, -0.2) is 23.2 Å². The second kappa shape index (κ2) is 8.53. The summed E-state index contributed by atoms with van der Waals surface area (Å²) in [5, 5.41) is 8.86. The van der Waals surface area contributed by atoms with E-state index in [1.54, 1.807) is 19.3 Å². The van der Waals surface area contributed by atoms with E-state index in [9.17, 15) is 4.79 Å². The third kappa shape index (κ3) is 4.41. The van der Waals surface area contributed by atoms with Crippen LogP contribution in [0.5, 0.6) is 5.75 Å². The van der Waals surface area contributed by atoms with Crippen LogP contribution in [-0.2, 0) is 4.79 Å². The van der Waals surface area contributed by atoms with Crippen LogP contribution in [0.25, 0.3) is 28.2 Å². The summed E-state index contributed by atoms with van der Waals surface area (Å²) in [6.45, 7) is 0.